The average molecular weight is 252 g/mol. The van der Waals surface area contributed by atoms with E-state index in [9.17, 15) is 0 Å². The van der Waals surface area contributed by atoms with Gasteiger partial charge in [0.05, 0.1) is 13.1 Å². The molecule has 90 valence electrons. The topological polar surface area (TPSA) is 55.6 Å². The van der Waals surface area contributed by atoms with E-state index in [4.69, 9.17) is 11.6 Å². The van der Waals surface area contributed by atoms with Crippen LogP contribution in [0.4, 0.5) is 0 Å². The Labute approximate surface area is 105 Å². The average Bonchev–Trinajstić information content (AvgIpc) is 2.77. The summed E-state index contributed by atoms with van der Waals surface area (Å²) in [5.41, 5.74) is 1.12. The highest BCUT2D eigenvalue weighted by Gasteiger charge is 2.05. The van der Waals surface area contributed by atoms with Crippen molar-refractivity contribution < 1.29 is 0 Å². The third-order valence-electron chi connectivity index (χ3n) is 2.38. The molecule has 5 nitrogen and oxygen atoms in total. The van der Waals surface area contributed by atoms with E-state index in [1.54, 1.807) is 4.68 Å². The van der Waals surface area contributed by atoms with Gasteiger partial charge in [0.15, 0.2) is 5.82 Å². The zero-order valence-corrected chi connectivity index (χ0v) is 10.4. The fraction of sp³-hybridized carbons (Fsp3) is 0.364. The lowest BCUT2D eigenvalue weighted by atomic mass is 10.2. The van der Waals surface area contributed by atoms with Gasteiger partial charge in [0, 0.05) is 5.02 Å². The Morgan fingerprint density at radius 1 is 1.29 bits per heavy atom. The van der Waals surface area contributed by atoms with Crippen LogP contribution >= 0.6 is 11.6 Å². The first-order valence-electron chi connectivity index (χ1n) is 5.50. The van der Waals surface area contributed by atoms with Gasteiger partial charge in [-0.25, -0.2) is 4.68 Å². The Kier molecular flexibility index (Phi) is 4.06. The van der Waals surface area contributed by atoms with Gasteiger partial charge in [0.2, 0.25) is 0 Å². The second kappa shape index (κ2) is 5.75. The molecule has 1 N–H and O–H groups in total. The zero-order valence-electron chi connectivity index (χ0n) is 9.60. The van der Waals surface area contributed by atoms with Crippen LogP contribution in [0.15, 0.2) is 24.3 Å². The summed E-state index contributed by atoms with van der Waals surface area (Å²) in [6, 6.07) is 7.68. The molecule has 0 unspecified atom stereocenters. The summed E-state index contributed by atoms with van der Waals surface area (Å²) in [6.45, 7) is 4.28. The molecule has 1 aromatic heterocycles. The molecule has 6 heteroatoms. The van der Waals surface area contributed by atoms with Crippen LogP contribution in [0.1, 0.15) is 18.3 Å². The summed E-state index contributed by atoms with van der Waals surface area (Å²) < 4.78 is 1.78. The number of halogens is 1. The fourth-order valence-electron chi connectivity index (χ4n) is 1.47. The molecule has 2 rings (SSSR count). The lowest BCUT2D eigenvalue weighted by molar-refractivity contribution is 0.588. The lowest BCUT2D eigenvalue weighted by Crippen LogP contribution is -2.17. The van der Waals surface area contributed by atoms with Crippen molar-refractivity contribution in [2.45, 2.75) is 20.0 Å². The van der Waals surface area contributed by atoms with Crippen LogP contribution in [-0.2, 0) is 13.1 Å². The van der Waals surface area contributed by atoms with Crippen LogP contribution in [0.2, 0.25) is 5.02 Å². The largest absolute Gasteiger partial charge is 0.310 e. The summed E-state index contributed by atoms with van der Waals surface area (Å²) in [4.78, 5) is 0. The minimum atomic E-state index is 0.658. The molecule has 1 aromatic carbocycles. The Morgan fingerprint density at radius 2 is 2.06 bits per heavy atom. The Bertz CT molecular complexity index is 465. The van der Waals surface area contributed by atoms with Crippen LogP contribution in [0.5, 0.6) is 0 Å². The molecule has 0 fully saturated rings. The smallest absolute Gasteiger partial charge is 0.165 e. The first-order valence-corrected chi connectivity index (χ1v) is 5.87. The van der Waals surface area contributed by atoms with E-state index in [-0.39, 0.29) is 0 Å². The minimum Gasteiger partial charge on any atom is -0.310 e. The van der Waals surface area contributed by atoms with Gasteiger partial charge in [-0.1, -0.05) is 30.7 Å². The number of nitrogens with zero attached hydrogens (tertiary/aromatic N) is 4. The molecule has 0 saturated heterocycles. The van der Waals surface area contributed by atoms with Gasteiger partial charge in [0.25, 0.3) is 0 Å². The van der Waals surface area contributed by atoms with Crippen molar-refractivity contribution in [1.29, 1.82) is 0 Å². The number of hydrogen-bond donors (Lipinski definition) is 1. The second-order valence-corrected chi connectivity index (χ2v) is 4.10. The number of tetrazole rings is 1. The minimum absolute atomic E-state index is 0.658. The SMILES string of the molecule is CCNCc1nnnn1Cc1ccc(Cl)cc1. The van der Waals surface area contributed by atoms with Gasteiger partial charge in [-0.2, -0.15) is 0 Å². The summed E-state index contributed by atoms with van der Waals surface area (Å²) in [6.07, 6.45) is 0. The van der Waals surface area contributed by atoms with Crippen molar-refractivity contribution in [3.8, 4) is 0 Å². The molecular formula is C11H14ClN5. The van der Waals surface area contributed by atoms with Crippen molar-refractivity contribution in [3.63, 3.8) is 0 Å². The molecule has 0 atom stereocenters. The van der Waals surface area contributed by atoms with Gasteiger partial charge in [-0.3, -0.25) is 0 Å². The van der Waals surface area contributed by atoms with Crippen LogP contribution in [-0.4, -0.2) is 26.8 Å². The maximum atomic E-state index is 5.84. The first kappa shape index (κ1) is 12.0. The molecule has 2 aromatic rings. The van der Waals surface area contributed by atoms with E-state index in [0.29, 0.717) is 13.1 Å². The predicted octanol–water partition coefficient (Wildman–Crippen LogP) is 1.48. The van der Waals surface area contributed by atoms with Crippen LogP contribution in [0.25, 0.3) is 0 Å². The number of rotatable bonds is 5. The molecule has 0 bridgehead atoms. The van der Waals surface area contributed by atoms with E-state index in [1.807, 2.05) is 31.2 Å². The molecule has 0 amide bonds. The van der Waals surface area contributed by atoms with E-state index in [0.717, 1.165) is 23.0 Å². The number of hydrogen-bond acceptors (Lipinski definition) is 4. The molecule has 17 heavy (non-hydrogen) atoms. The molecule has 0 aliphatic heterocycles. The van der Waals surface area contributed by atoms with Gasteiger partial charge in [0.1, 0.15) is 0 Å². The number of aromatic nitrogens is 4. The van der Waals surface area contributed by atoms with Crippen molar-refractivity contribution in [1.82, 2.24) is 25.5 Å². The van der Waals surface area contributed by atoms with E-state index in [1.165, 1.54) is 0 Å². The van der Waals surface area contributed by atoms with Gasteiger partial charge in [-0.15, -0.1) is 5.10 Å². The predicted molar refractivity (Wildman–Crippen MR) is 65.8 cm³/mol. The first-order chi connectivity index (χ1) is 8.29. The molecular weight excluding hydrogens is 238 g/mol. The standard InChI is InChI=1S/C11H14ClN5/c1-2-13-7-11-14-15-16-17(11)8-9-3-5-10(12)6-4-9/h3-6,13H,2,7-8H2,1H3. The van der Waals surface area contributed by atoms with Crippen LogP contribution in [0, 0.1) is 0 Å². The summed E-state index contributed by atoms with van der Waals surface area (Å²) >= 11 is 5.84. The Morgan fingerprint density at radius 3 is 2.76 bits per heavy atom. The maximum Gasteiger partial charge on any atom is 0.165 e. The quantitative estimate of drug-likeness (QED) is 0.875. The van der Waals surface area contributed by atoms with Crippen molar-refractivity contribution >= 4 is 11.6 Å². The van der Waals surface area contributed by atoms with Gasteiger partial charge >= 0.3 is 0 Å². The fourth-order valence-corrected chi connectivity index (χ4v) is 1.60. The molecule has 0 radical (unpaired) electrons. The Hall–Kier alpha value is -1.46. The molecule has 0 saturated carbocycles. The highest BCUT2D eigenvalue weighted by molar-refractivity contribution is 6.30. The second-order valence-electron chi connectivity index (χ2n) is 3.66. The number of nitrogens with one attached hydrogen (secondary N) is 1. The van der Waals surface area contributed by atoms with E-state index in [2.05, 4.69) is 20.8 Å². The normalized spacial score (nSPS) is 10.7. The highest BCUT2D eigenvalue weighted by Crippen LogP contribution is 2.10. The van der Waals surface area contributed by atoms with E-state index < -0.39 is 0 Å². The van der Waals surface area contributed by atoms with Gasteiger partial charge < -0.3 is 5.32 Å². The van der Waals surface area contributed by atoms with Crippen molar-refractivity contribution in [2.24, 2.45) is 0 Å². The van der Waals surface area contributed by atoms with Crippen molar-refractivity contribution in [2.75, 3.05) is 6.54 Å². The maximum absolute atomic E-state index is 5.84. The molecule has 0 aliphatic rings. The molecule has 0 aliphatic carbocycles. The van der Waals surface area contributed by atoms with Gasteiger partial charge in [-0.05, 0) is 34.7 Å². The third kappa shape index (κ3) is 3.25. The highest BCUT2D eigenvalue weighted by atomic mass is 35.5. The van der Waals surface area contributed by atoms with E-state index >= 15 is 0 Å². The van der Waals surface area contributed by atoms with Crippen molar-refractivity contribution in [3.05, 3.63) is 40.7 Å². The summed E-state index contributed by atoms with van der Waals surface area (Å²) in [5, 5.41) is 15.6. The Balaban J connectivity index is 2.07. The monoisotopic (exact) mass is 251 g/mol. The lowest BCUT2D eigenvalue weighted by Gasteiger charge is -2.05. The van der Waals surface area contributed by atoms with Crippen LogP contribution < -0.4 is 5.32 Å². The zero-order chi connectivity index (χ0) is 12.1. The summed E-state index contributed by atoms with van der Waals surface area (Å²) in [5.74, 6) is 0.835. The number of benzene rings is 1. The third-order valence-corrected chi connectivity index (χ3v) is 2.64. The molecule has 1 heterocycles. The summed E-state index contributed by atoms with van der Waals surface area (Å²) in [7, 11) is 0. The van der Waals surface area contributed by atoms with Crippen LogP contribution in [0.3, 0.4) is 0 Å². The molecule has 0 spiro atoms.